The molecule has 1 aromatic rings. The highest BCUT2D eigenvalue weighted by Crippen LogP contribution is 2.39. The van der Waals surface area contributed by atoms with Crippen molar-refractivity contribution in [3.05, 3.63) is 29.2 Å². The van der Waals surface area contributed by atoms with E-state index in [2.05, 4.69) is 14.4 Å². The van der Waals surface area contributed by atoms with Gasteiger partial charge in [-0.15, -0.1) is 4.91 Å². The predicted octanol–water partition coefficient (Wildman–Crippen LogP) is 3.95. The highest BCUT2D eigenvalue weighted by Gasteiger charge is 2.38. The molecule has 1 fully saturated rings. The van der Waals surface area contributed by atoms with Gasteiger partial charge in [-0.3, -0.25) is 0 Å². The minimum absolute atomic E-state index is 0.346. The quantitative estimate of drug-likeness (QED) is 0.606. The van der Waals surface area contributed by atoms with Gasteiger partial charge in [-0.05, 0) is 55.1 Å². The predicted molar refractivity (Wildman–Crippen MR) is 68.3 cm³/mol. The summed E-state index contributed by atoms with van der Waals surface area (Å²) in [6, 6.07) is 6.42. The lowest BCUT2D eigenvalue weighted by Gasteiger charge is -2.34. The molecule has 1 aliphatic carbocycles. The Labute approximate surface area is 102 Å². The van der Waals surface area contributed by atoms with Gasteiger partial charge in [0.25, 0.3) is 0 Å². The van der Waals surface area contributed by atoms with E-state index in [-0.39, 0.29) is 0 Å². The van der Waals surface area contributed by atoms with Gasteiger partial charge in [0, 0.05) is 0 Å². The van der Waals surface area contributed by atoms with Gasteiger partial charge in [-0.2, -0.15) is 0 Å². The summed E-state index contributed by atoms with van der Waals surface area (Å²) in [7, 11) is 2.26. The van der Waals surface area contributed by atoms with Crippen molar-refractivity contribution in [2.24, 2.45) is 5.18 Å². The molecule has 0 heterocycles. The Morgan fingerprint density at radius 3 is 2.65 bits per heavy atom. The van der Waals surface area contributed by atoms with E-state index in [0.29, 0.717) is 24.3 Å². The van der Waals surface area contributed by atoms with E-state index in [1.807, 2.05) is 0 Å². The van der Waals surface area contributed by atoms with Crippen molar-refractivity contribution in [2.75, 3.05) is 0 Å². The number of alkyl halides is 1. The van der Waals surface area contributed by atoms with E-state index >= 15 is 0 Å². The third kappa shape index (κ3) is 3.01. The summed E-state index contributed by atoms with van der Waals surface area (Å²) >= 11 is 0. The zero-order valence-electron chi connectivity index (χ0n) is 9.43. The Morgan fingerprint density at radius 1 is 1.35 bits per heavy atom. The summed E-state index contributed by atoms with van der Waals surface area (Å²) in [4.78, 5) is 10.3. The number of nitrogens with zero attached hydrogens (tertiary/aromatic N) is 1. The molecule has 0 radical (unpaired) electrons. The number of halogens is 1. The molecule has 0 bridgehead atoms. The van der Waals surface area contributed by atoms with Crippen LogP contribution in [0, 0.1) is 4.91 Å². The molecule has 0 spiro atoms. The molecular weight excluding hydrogens is 240 g/mol. The Bertz CT molecular complexity index is 394. The first-order valence-corrected chi connectivity index (χ1v) is 6.27. The molecule has 1 saturated carbocycles. The van der Waals surface area contributed by atoms with Crippen LogP contribution in [0.4, 0.5) is 10.1 Å². The van der Waals surface area contributed by atoms with Crippen LogP contribution in [0.15, 0.2) is 29.4 Å². The van der Waals surface area contributed by atoms with Gasteiger partial charge >= 0.3 is 0 Å². The first-order chi connectivity index (χ1) is 8.12. The van der Waals surface area contributed by atoms with Gasteiger partial charge in [0.1, 0.15) is 17.5 Å². The van der Waals surface area contributed by atoms with E-state index in [4.69, 9.17) is 4.74 Å². The molecule has 0 saturated heterocycles. The molecule has 3 unspecified atom stereocenters. The lowest BCUT2D eigenvalue weighted by atomic mass is 9.95. The molecule has 2 rings (SSSR count). The number of hydrogen-bond acceptors (Lipinski definition) is 3. The summed E-state index contributed by atoms with van der Waals surface area (Å²) in [5.41, 5.74) is 0.346. The van der Waals surface area contributed by atoms with Crippen molar-refractivity contribution in [3.8, 4) is 5.75 Å². The van der Waals surface area contributed by atoms with Crippen molar-refractivity contribution in [1.29, 1.82) is 0 Å². The topological polar surface area (TPSA) is 38.7 Å². The summed E-state index contributed by atoms with van der Waals surface area (Å²) in [5.74, 6) is 0.578. The standard InChI is InChI=1S/C12H15FNO2P/c13-12(17)8-2-1-3-11(12)16-10-6-4-9(14-15)5-7-10/h4-7,11H,1-3,8,17H2. The van der Waals surface area contributed by atoms with E-state index in [1.54, 1.807) is 24.3 Å². The molecule has 1 aliphatic rings. The highest BCUT2D eigenvalue weighted by atomic mass is 31.0. The fourth-order valence-corrected chi connectivity index (χ4v) is 2.47. The van der Waals surface area contributed by atoms with Gasteiger partial charge < -0.3 is 4.74 Å². The van der Waals surface area contributed by atoms with Crippen LogP contribution in [0.3, 0.4) is 0 Å². The lowest BCUT2D eigenvalue weighted by molar-refractivity contribution is 0.0396. The second-order valence-electron chi connectivity index (χ2n) is 4.36. The first-order valence-electron chi connectivity index (χ1n) is 5.70. The third-order valence-electron chi connectivity index (χ3n) is 3.03. The number of benzene rings is 1. The van der Waals surface area contributed by atoms with Crippen LogP contribution in [-0.4, -0.2) is 11.5 Å². The molecule has 1 aromatic carbocycles. The second-order valence-corrected chi connectivity index (χ2v) is 5.32. The lowest BCUT2D eigenvalue weighted by Crippen LogP contribution is -2.39. The molecule has 0 N–H and O–H groups in total. The molecule has 0 aromatic heterocycles. The van der Waals surface area contributed by atoms with Gasteiger partial charge in [-0.1, -0.05) is 9.24 Å². The average molecular weight is 255 g/mol. The van der Waals surface area contributed by atoms with Crippen LogP contribution < -0.4 is 4.74 Å². The van der Waals surface area contributed by atoms with E-state index in [1.165, 1.54) is 0 Å². The maximum absolute atomic E-state index is 14.1. The summed E-state index contributed by atoms with van der Waals surface area (Å²) < 4.78 is 19.8. The van der Waals surface area contributed by atoms with Gasteiger partial charge in [0.15, 0.2) is 5.41 Å². The van der Waals surface area contributed by atoms with Crippen molar-refractivity contribution in [3.63, 3.8) is 0 Å². The minimum Gasteiger partial charge on any atom is -0.487 e. The molecule has 5 heteroatoms. The van der Waals surface area contributed by atoms with Gasteiger partial charge in [-0.25, -0.2) is 4.39 Å². The number of nitroso groups, excluding NO2 is 1. The molecule has 3 nitrogen and oxygen atoms in total. The minimum atomic E-state index is -1.35. The molecule has 0 aliphatic heterocycles. The van der Waals surface area contributed by atoms with Crippen LogP contribution in [0.1, 0.15) is 25.7 Å². The third-order valence-corrected chi connectivity index (χ3v) is 3.69. The Hall–Kier alpha value is -1.02. The van der Waals surface area contributed by atoms with Crippen molar-refractivity contribution in [1.82, 2.24) is 0 Å². The first kappa shape index (κ1) is 12.4. The zero-order valence-corrected chi connectivity index (χ0v) is 10.6. The van der Waals surface area contributed by atoms with Gasteiger partial charge in [0.2, 0.25) is 0 Å². The molecule has 3 atom stereocenters. The Balaban J connectivity index is 2.06. The van der Waals surface area contributed by atoms with Crippen LogP contribution in [0.5, 0.6) is 5.75 Å². The van der Waals surface area contributed by atoms with Crippen LogP contribution in [-0.2, 0) is 0 Å². The smallest absolute Gasteiger partial charge is 0.160 e. The van der Waals surface area contributed by atoms with Crippen molar-refractivity contribution in [2.45, 2.75) is 37.2 Å². The van der Waals surface area contributed by atoms with Crippen molar-refractivity contribution < 1.29 is 9.13 Å². The Kier molecular flexibility index (Phi) is 3.72. The normalized spacial score (nSPS) is 28.7. The van der Waals surface area contributed by atoms with E-state index < -0.39 is 11.5 Å². The van der Waals surface area contributed by atoms with Crippen LogP contribution >= 0.6 is 9.24 Å². The van der Waals surface area contributed by atoms with Crippen molar-refractivity contribution >= 4 is 14.9 Å². The average Bonchev–Trinajstić information content (AvgIpc) is 2.33. The van der Waals surface area contributed by atoms with E-state index in [0.717, 1.165) is 12.8 Å². The fraction of sp³-hybridized carbons (Fsp3) is 0.500. The fourth-order valence-electron chi connectivity index (χ4n) is 2.03. The number of ether oxygens (including phenoxy) is 1. The largest absolute Gasteiger partial charge is 0.487 e. The summed E-state index contributed by atoms with van der Waals surface area (Å²) in [6.45, 7) is 0. The number of rotatable bonds is 3. The SMILES string of the molecule is O=Nc1ccc(OC2CCCCC2(F)P)cc1. The Morgan fingerprint density at radius 2 is 2.06 bits per heavy atom. The molecule has 92 valence electrons. The maximum Gasteiger partial charge on any atom is 0.160 e. The van der Waals surface area contributed by atoms with Crippen LogP contribution in [0.25, 0.3) is 0 Å². The van der Waals surface area contributed by atoms with E-state index in [9.17, 15) is 9.30 Å². The number of hydrogen-bond donors (Lipinski definition) is 0. The zero-order chi connectivity index (χ0) is 12.3. The second kappa shape index (κ2) is 5.09. The maximum atomic E-state index is 14.1. The monoisotopic (exact) mass is 255 g/mol. The summed E-state index contributed by atoms with van der Waals surface area (Å²) in [6.07, 6.45) is 2.67. The molecule has 17 heavy (non-hydrogen) atoms. The highest BCUT2D eigenvalue weighted by molar-refractivity contribution is 7.18. The molecule has 0 amide bonds. The molecular formula is C12H15FNO2P. The van der Waals surface area contributed by atoms with Gasteiger partial charge in [0.05, 0.1) is 0 Å². The summed E-state index contributed by atoms with van der Waals surface area (Å²) in [5, 5.41) is 1.46. The van der Waals surface area contributed by atoms with Crippen LogP contribution in [0.2, 0.25) is 0 Å².